The van der Waals surface area contributed by atoms with Crippen molar-refractivity contribution in [1.29, 1.82) is 0 Å². The van der Waals surface area contributed by atoms with Gasteiger partial charge in [0.2, 0.25) is 0 Å². The standard InChI is InChI=1S/C30H37F3/c1-3-5-6-20-7-9-21(10-8-20)11-12-22-13-16-25-24(19-22)15-18-26(29(25)32)27-17-14-23(4-2)28(31)30(27)33/h13-15,17-18,20-21H,3-12,16,19H2,1-2H3. The zero-order valence-electron chi connectivity index (χ0n) is 20.2. The number of benzene rings is 2. The van der Waals surface area contributed by atoms with Crippen molar-refractivity contribution in [2.24, 2.45) is 11.8 Å². The van der Waals surface area contributed by atoms with Crippen LogP contribution in [-0.4, -0.2) is 0 Å². The number of hydrogen-bond acceptors (Lipinski definition) is 0. The Balaban J connectivity index is 1.39. The summed E-state index contributed by atoms with van der Waals surface area (Å²) in [6, 6.07) is 6.59. The van der Waals surface area contributed by atoms with Gasteiger partial charge in [-0.2, -0.15) is 0 Å². The first kappa shape index (κ1) is 24.1. The average Bonchev–Trinajstić information content (AvgIpc) is 2.84. The average molecular weight is 455 g/mol. The molecule has 0 N–H and O–H groups in total. The Morgan fingerprint density at radius 2 is 1.45 bits per heavy atom. The smallest absolute Gasteiger partial charge is 0.167 e. The van der Waals surface area contributed by atoms with Gasteiger partial charge in [0.15, 0.2) is 11.6 Å². The van der Waals surface area contributed by atoms with Crippen molar-refractivity contribution >= 4 is 0 Å². The third-order valence-electron chi connectivity index (χ3n) is 7.99. The van der Waals surface area contributed by atoms with Crippen molar-refractivity contribution in [2.45, 2.75) is 90.9 Å². The summed E-state index contributed by atoms with van der Waals surface area (Å²) in [6.07, 6.45) is 15.7. The minimum atomic E-state index is -0.954. The highest BCUT2D eigenvalue weighted by Crippen LogP contribution is 2.37. The quantitative estimate of drug-likeness (QED) is 0.349. The summed E-state index contributed by atoms with van der Waals surface area (Å²) in [5.74, 6) is -0.460. The lowest BCUT2D eigenvalue weighted by atomic mass is 9.77. The van der Waals surface area contributed by atoms with Gasteiger partial charge < -0.3 is 0 Å². The normalized spacial score (nSPS) is 20.5. The molecular formula is C30H37F3. The van der Waals surface area contributed by atoms with E-state index < -0.39 is 17.5 Å². The number of unbranched alkanes of at least 4 members (excludes halogenated alkanes) is 1. The maximum Gasteiger partial charge on any atom is 0.167 e. The molecule has 1 saturated carbocycles. The van der Waals surface area contributed by atoms with E-state index in [0.29, 0.717) is 24.0 Å². The molecule has 4 rings (SSSR count). The molecule has 0 unspecified atom stereocenters. The summed E-state index contributed by atoms with van der Waals surface area (Å²) in [6.45, 7) is 4.05. The molecule has 0 saturated heterocycles. The maximum absolute atomic E-state index is 15.3. The largest absolute Gasteiger partial charge is 0.206 e. The molecule has 178 valence electrons. The molecule has 2 aromatic carbocycles. The predicted molar refractivity (Wildman–Crippen MR) is 131 cm³/mol. The lowest BCUT2D eigenvalue weighted by Crippen LogP contribution is -2.15. The third-order valence-corrected chi connectivity index (χ3v) is 7.99. The Morgan fingerprint density at radius 1 is 0.788 bits per heavy atom. The minimum absolute atomic E-state index is 0.00863. The summed E-state index contributed by atoms with van der Waals surface area (Å²) in [5, 5.41) is 0. The number of fused-ring (bicyclic) bond motifs is 1. The monoisotopic (exact) mass is 454 g/mol. The molecule has 1 fully saturated rings. The van der Waals surface area contributed by atoms with Crippen LogP contribution in [0.25, 0.3) is 11.1 Å². The third kappa shape index (κ3) is 5.39. The molecule has 0 nitrogen and oxygen atoms in total. The fraction of sp³-hybridized carbons (Fsp3) is 0.533. The van der Waals surface area contributed by atoms with Crippen LogP contribution in [0.4, 0.5) is 13.2 Å². The van der Waals surface area contributed by atoms with E-state index in [2.05, 4.69) is 13.0 Å². The highest BCUT2D eigenvalue weighted by Gasteiger charge is 2.24. The van der Waals surface area contributed by atoms with Crippen molar-refractivity contribution in [1.82, 2.24) is 0 Å². The fourth-order valence-electron chi connectivity index (χ4n) is 5.77. The molecule has 2 aromatic rings. The lowest BCUT2D eigenvalue weighted by Gasteiger charge is -2.29. The fourth-order valence-corrected chi connectivity index (χ4v) is 5.77. The zero-order chi connectivity index (χ0) is 23.4. The molecule has 0 spiro atoms. The van der Waals surface area contributed by atoms with E-state index in [1.807, 2.05) is 6.07 Å². The van der Waals surface area contributed by atoms with E-state index in [1.54, 1.807) is 19.1 Å². The van der Waals surface area contributed by atoms with Crippen molar-refractivity contribution in [3.05, 3.63) is 70.1 Å². The second-order valence-electron chi connectivity index (χ2n) is 10.1. The van der Waals surface area contributed by atoms with Crippen LogP contribution < -0.4 is 0 Å². The summed E-state index contributed by atoms with van der Waals surface area (Å²) < 4.78 is 44.2. The van der Waals surface area contributed by atoms with Crippen LogP contribution in [0.15, 0.2) is 35.9 Å². The van der Waals surface area contributed by atoms with Gasteiger partial charge in [0.25, 0.3) is 0 Å². The Labute approximate surface area is 197 Å². The number of aryl methyl sites for hydroxylation is 1. The second kappa shape index (κ2) is 10.9. The summed E-state index contributed by atoms with van der Waals surface area (Å²) in [5.41, 5.74) is 3.50. The number of allylic oxidation sites excluding steroid dienone is 2. The van der Waals surface area contributed by atoms with Crippen LogP contribution in [0, 0.1) is 29.3 Å². The van der Waals surface area contributed by atoms with Gasteiger partial charge in [-0.15, -0.1) is 0 Å². The van der Waals surface area contributed by atoms with E-state index >= 15 is 4.39 Å². The van der Waals surface area contributed by atoms with Gasteiger partial charge >= 0.3 is 0 Å². The van der Waals surface area contributed by atoms with Gasteiger partial charge in [0.1, 0.15) is 5.82 Å². The maximum atomic E-state index is 15.3. The molecule has 0 radical (unpaired) electrons. The first-order valence-electron chi connectivity index (χ1n) is 13.0. The van der Waals surface area contributed by atoms with Crippen LogP contribution in [0.2, 0.25) is 0 Å². The van der Waals surface area contributed by atoms with Crippen molar-refractivity contribution in [3.63, 3.8) is 0 Å². The predicted octanol–water partition coefficient (Wildman–Crippen LogP) is 9.14. The Morgan fingerprint density at radius 3 is 2.15 bits per heavy atom. The first-order chi connectivity index (χ1) is 16.0. The summed E-state index contributed by atoms with van der Waals surface area (Å²) in [7, 11) is 0. The zero-order valence-corrected chi connectivity index (χ0v) is 20.2. The van der Waals surface area contributed by atoms with Gasteiger partial charge in [0.05, 0.1) is 0 Å². The first-order valence-corrected chi connectivity index (χ1v) is 13.0. The van der Waals surface area contributed by atoms with Crippen LogP contribution in [-0.2, 0) is 19.3 Å². The number of hydrogen-bond donors (Lipinski definition) is 0. The minimum Gasteiger partial charge on any atom is -0.206 e. The lowest BCUT2D eigenvalue weighted by molar-refractivity contribution is 0.249. The Kier molecular flexibility index (Phi) is 7.98. The molecule has 3 heteroatoms. The molecule has 0 heterocycles. The van der Waals surface area contributed by atoms with Crippen LogP contribution in [0.3, 0.4) is 0 Å². The second-order valence-corrected chi connectivity index (χ2v) is 10.1. The summed E-state index contributed by atoms with van der Waals surface area (Å²) in [4.78, 5) is 0. The molecular weight excluding hydrogens is 417 g/mol. The molecule has 2 aliphatic carbocycles. The van der Waals surface area contributed by atoms with E-state index in [1.165, 1.54) is 63.0 Å². The van der Waals surface area contributed by atoms with Gasteiger partial charge in [0, 0.05) is 11.1 Å². The molecule has 0 amide bonds. The van der Waals surface area contributed by atoms with Gasteiger partial charge in [-0.1, -0.05) is 94.7 Å². The molecule has 0 bridgehead atoms. The molecule has 33 heavy (non-hydrogen) atoms. The van der Waals surface area contributed by atoms with Gasteiger partial charge in [-0.25, -0.2) is 13.2 Å². The van der Waals surface area contributed by atoms with Crippen molar-refractivity contribution in [2.75, 3.05) is 0 Å². The Bertz CT molecular complexity index is 996. The molecule has 2 aliphatic rings. The van der Waals surface area contributed by atoms with Gasteiger partial charge in [-0.05, 0) is 60.6 Å². The molecule has 0 atom stereocenters. The molecule has 0 aliphatic heterocycles. The van der Waals surface area contributed by atoms with E-state index in [9.17, 15) is 8.78 Å². The Hall–Kier alpha value is -2.03. The topological polar surface area (TPSA) is 0 Å². The van der Waals surface area contributed by atoms with Crippen LogP contribution in [0.5, 0.6) is 0 Å². The molecule has 0 aromatic heterocycles. The highest BCUT2D eigenvalue weighted by molar-refractivity contribution is 5.68. The number of rotatable bonds is 8. The summed E-state index contributed by atoms with van der Waals surface area (Å²) >= 11 is 0. The van der Waals surface area contributed by atoms with Crippen LogP contribution >= 0.6 is 0 Å². The van der Waals surface area contributed by atoms with Gasteiger partial charge in [-0.3, -0.25) is 0 Å². The van der Waals surface area contributed by atoms with E-state index in [0.717, 1.165) is 30.2 Å². The van der Waals surface area contributed by atoms with E-state index in [-0.39, 0.29) is 11.1 Å². The van der Waals surface area contributed by atoms with Crippen molar-refractivity contribution in [3.8, 4) is 11.1 Å². The SMILES string of the molecule is CCCCC1CCC(CCC2=CCc3c(ccc(-c4ccc(CC)c(F)c4F)c3F)C2)CC1. The van der Waals surface area contributed by atoms with Crippen molar-refractivity contribution < 1.29 is 13.2 Å². The highest BCUT2D eigenvalue weighted by atomic mass is 19.2. The van der Waals surface area contributed by atoms with E-state index in [4.69, 9.17) is 0 Å². The van der Waals surface area contributed by atoms with Crippen LogP contribution in [0.1, 0.15) is 88.3 Å². The number of halogens is 3.